The summed E-state index contributed by atoms with van der Waals surface area (Å²) in [4.78, 5) is 26.9. The summed E-state index contributed by atoms with van der Waals surface area (Å²) in [6.07, 6.45) is 2.36. The number of carbonyl (C=O) groups is 2. The monoisotopic (exact) mass is 284 g/mol. The lowest BCUT2D eigenvalue weighted by Gasteiger charge is -2.07. The normalized spacial score (nSPS) is 10.1. The quantitative estimate of drug-likeness (QED) is 0.882. The zero-order chi connectivity index (χ0) is 15.2. The van der Waals surface area contributed by atoms with E-state index in [2.05, 4.69) is 17.2 Å². The molecule has 0 aliphatic heterocycles. The molecule has 2 N–H and O–H groups in total. The summed E-state index contributed by atoms with van der Waals surface area (Å²) in [5, 5.41) is 11.7. The van der Waals surface area contributed by atoms with E-state index in [0.29, 0.717) is 6.54 Å². The Balaban J connectivity index is 2.06. The van der Waals surface area contributed by atoms with Crippen LogP contribution >= 0.6 is 0 Å². The number of pyridine rings is 1. The van der Waals surface area contributed by atoms with E-state index in [4.69, 9.17) is 5.11 Å². The van der Waals surface area contributed by atoms with Crippen LogP contribution in [0.5, 0.6) is 0 Å². The van der Waals surface area contributed by atoms with Gasteiger partial charge in [-0.3, -0.25) is 9.78 Å². The van der Waals surface area contributed by atoms with Gasteiger partial charge < -0.3 is 10.4 Å². The Labute approximate surface area is 122 Å². The van der Waals surface area contributed by atoms with Gasteiger partial charge in [-0.05, 0) is 29.7 Å². The maximum Gasteiger partial charge on any atom is 0.338 e. The number of nitrogens with zero attached hydrogens (tertiary/aromatic N) is 1. The number of hydrogen-bond donors (Lipinski definition) is 2. The van der Waals surface area contributed by atoms with E-state index in [9.17, 15) is 9.59 Å². The highest BCUT2D eigenvalue weighted by Crippen LogP contribution is 2.07. The molecule has 0 radical (unpaired) electrons. The SMILES string of the molecule is CCc1ccc(CNC(=O)c2ncccc2C(=O)O)cc1. The molecule has 0 aliphatic rings. The molecule has 1 amide bonds. The second-order valence-electron chi connectivity index (χ2n) is 4.56. The van der Waals surface area contributed by atoms with Crippen molar-refractivity contribution in [3.8, 4) is 0 Å². The van der Waals surface area contributed by atoms with Crippen LogP contribution in [-0.4, -0.2) is 22.0 Å². The lowest BCUT2D eigenvalue weighted by molar-refractivity contribution is 0.0690. The molecule has 0 aliphatic carbocycles. The first-order chi connectivity index (χ1) is 10.1. The Kier molecular flexibility index (Phi) is 4.66. The fourth-order valence-corrected chi connectivity index (χ4v) is 1.92. The number of carboxylic acids is 1. The van der Waals surface area contributed by atoms with E-state index in [0.717, 1.165) is 12.0 Å². The van der Waals surface area contributed by atoms with Gasteiger partial charge in [0, 0.05) is 12.7 Å². The van der Waals surface area contributed by atoms with Crippen molar-refractivity contribution in [1.82, 2.24) is 10.3 Å². The second-order valence-corrected chi connectivity index (χ2v) is 4.56. The van der Waals surface area contributed by atoms with Crippen LogP contribution in [0.25, 0.3) is 0 Å². The van der Waals surface area contributed by atoms with Crippen LogP contribution in [0.4, 0.5) is 0 Å². The number of aryl methyl sites for hydroxylation is 1. The number of rotatable bonds is 5. The van der Waals surface area contributed by atoms with Crippen molar-refractivity contribution in [2.75, 3.05) is 0 Å². The summed E-state index contributed by atoms with van der Waals surface area (Å²) in [5.41, 5.74) is 2.00. The Morgan fingerprint density at radius 3 is 2.43 bits per heavy atom. The highest BCUT2D eigenvalue weighted by Gasteiger charge is 2.17. The summed E-state index contributed by atoms with van der Waals surface area (Å²) >= 11 is 0. The molecule has 5 heteroatoms. The molecule has 5 nitrogen and oxygen atoms in total. The van der Waals surface area contributed by atoms with Gasteiger partial charge >= 0.3 is 5.97 Å². The Bertz CT molecular complexity index is 651. The summed E-state index contributed by atoms with van der Waals surface area (Å²) in [6.45, 7) is 2.41. The highest BCUT2D eigenvalue weighted by molar-refractivity contribution is 6.03. The van der Waals surface area contributed by atoms with Gasteiger partial charge in [0.05, 0.1) is 5.56 Å². The first kappa shape index (κ1) is 14.7. The van der Waals surface area contributed by atoms with E-state index < -0.39 is 11.9 Å². The van der Waals surface area contributed by atoms with Crippen molar-refractivity contribution in [1.29, 1.82) is 0 Å². The number of benzene rings is 1. The van der Waals surface area contributed by atoms with E-state index in [1.807, 2.05) is 24.3 Å². The van der Waals surface area contributed by atoms with Crippen LogP contribution in [-0.2, 0) is 13.0 Å². The van der Waals surface area contributed by atoms with Crippen LogP contribution in [0.3, 0.4) is 0 Å². The summed E-state index contributed by atoms with van der Waals surface area (Å²) in [6, 6.07) is 10.7. The largest absolute Gasteiger partial charge is 0.478 e. The smallest absolute Gasteiger partial charge is 0.338 e. The second kappa shape index (κ2) is 6.65. The number of carbonyl (C=O) groups excluding carboxylic acids is 1. The molecule has 0 saturated carbocycles. The van der Waals surface area contributed by atoms with Gasteiger partial charge in [0.1, 0.15) is 5.69 Å². The first-order valence-electron chi connectivity index (χ1n) is 6.66. The van der Waals surface area contributed by atoms with Crippen molar-refractivity contribution in [3.05, 3.63) is 65.0 Å². The Morgan fingerprint density at radius 2 is 1.81 bits per heavy atom. The van der Waals surface area contributed by atoms with Gasteiger partial charge in [-0.2, -0.15) is 0 Å². The van der Waals surface area contributed by atoms with Gasteiger partial charge in [0.25, 0.3) is 5.91 Å². The maximum atomic E-state index is 12.0. The molecule has 108 valence electrons. The van der Waals surface area contributed by atoms with Crippen molar-refractivity contribution in [2.24, 2.45) is 0 Å². The van der Waals surface area contributed by atoms with Crippen molar-refractivity contribution in [2.45, 2.75) is 19.9 Å². The zero-order valence-electron chi connectivity index (χ0n) is 11.7. The van der Waals surface area contributed by atoms with Gasteiger partial charge in [-0.1, -0.05) is 31.2 Å². The van der Waals surface area contributed by atoms with Crippen molar-refractivity contribution < 1.29 is 14.7 Å². The van der Waals surface area contributed by atoms with Crippen molar-refractivity contribution >= 4 is 11.9 Å². The molecule has 0 fully saturated rings. The predicted molar refractivity (Wildman–Crippen MR) is 78.2 cm³/mol. The van der Waals surface area contributed by atoms with Crippen LogP contribution in [0.2, 0.25) is 0 Å². The molecule has 1 aromatic carbocycles. The summed E-state index contributed by atoms with van der Waals surface area (Å²) in [5.74, 6) is -1.66. The van der Waals surface area contributed by atoms with E-state index in [-0.39, 0.29) is 11.3 Å². The molecular weight excluding hydrogens is 268 g/mol. The summed E-state index contributed by atoms with van der Waals surface area (Å²) < 4.78 is 0. The molecular formula is C16H16N2O3. The third-order valence-electron chi connectivity index (χ3n) is 3.14. The Hall–Kier alpha value is -2.69. The average molecular weight is 284 g/mol. The van der Waals surface area contributed by atoms with Gasteiger partial charge in [0.2, 0.25) is 0 Å². The Morgan fingerprint density at radius 1 is 1.14 bits per heavy atom. The molecule has 2 aromatic rings. The predicted octanol–water partition coefficient (Wildman–Crippen LogP) is 2.27. The third kappa shape index (κ3) is 3.66. The zero-order valence-corrected chi connectivity index (χ0v) is 11.7. The molecule has 0 spiro atoms. The molecule has 0 bridgehead atoms. The number of aromatic carboxylic acids is 1. The standard InChI is InChI=1S/C16H16N2O3/c1-2-11-5-7-12(8-6-11)10-18-15(19)14-13(16(20)21)4-3-9-17-14/h3-9H,2,10H2,1H3,(H,18,19)(H,20,21). The number of nitrogens with one attached hydrogen (secondary N) is 1. The van der Waals surface area contributed by atoms with E-state index >= 15 is 0 Å². The van der Waals surface area contributed by atoms with Crippen molar-refractivity contribution in [3.63, 3.8) is 0 Å². The minimum atomic E-state index is -1.17. The van der Waals surface area contributed by atoms with Crippen LogP contribution in [0.1, 0.15) is 38.9 Å². The fourth-order valence-electron chi connectivity index (χ4n) is 1.92. The summed E-state index contributed by atoms with van der Waals surface area (Å²) in [7, 11) is 0. The molecule has 1 aromatic heterocycles. The molecule has 21 heavy (non-hydrogen) atoms. The minimum absolute atomic E-state index is 0.0739. The topological polar surface area (TPSA) is 79.3 Å². The first-order valence-corrected chi connectivity index (χ1v) is 6.66. The molecule has 1 heterocycles. The lowest BCUT2D eigenvalue weighted by atomic mass is 10.1. The fraction of sp³-hybridized carbons (Fsp3) is 0.188. The molecule has 0 atom stereocenters. The third-order valence-corrected chi connectivity index (χ3v) is 3.14. The highest BCUT2D eigenvalue weighted by atomic mass is 16.4. The van der Waals surface area contributed by atoms with E-state index in [1.165, 1.54) is 23.9 Å². The molecule has 2 rings (SSSR count). The van der Waals surface area contributed by atoms with Gasteiger partial charge in [0.15, 0.2) is 0 Å². The van der Waals surface area contributed by atoms with E-state index in [1.54, 1.807) is 0 Å². The number of carboxylic acid groups (broad SMARTS) is 1. The van der Waals surface area contributed by atoms with Gasteiger partial charge in [-0.25, -0.2) is 4.79 Å². The molecule has 0 saturated heterocycles. The average Bonchev–Trinajstić information content (AvgIpc) is 2.53. The van der Waals surface area contributed by atoms with Crippen LogP contribution in [0, 0.1) is 0 Å². The number of hydrogen-bond acceptors (Lipinski definition) is 3. The van der Waals surface area contributed by atoms with Crippen LogP contribution < -0.4 is 5.32 Å². The maximum absolute atomic E-state index is 12.0. The number of aromatic nitrogens is 1. The van der Waals surface area contributed by atoms with Gasteiger partial charge in [-0.15, -0.1) is 0 Å². The number of amides is 1. The van der Waals surface area contributed by atoms with Crippen LogP contribution in [0.15, 0.2) is 42.6 Å². The molecule has 0 unspecified atom stereocenters. The lowest BCUT2D eigenvalue weighted by Crippen LogP contribution is -2.26. The minimum Gasteiger partial charge on any atom is -0.478 e.